The number of amides is 2. The summed E-state index contributed by atoms with van der Waals surface area (Å²) in [5.41, 5.74) is -0.848. The van der Waals surface area contributed by atoms with E-state index in [9.17, 15) is 22.8 Å². The molecule has 1 aromatic rings. The quantitative estimate of drug-likeness (QED) is 0.788. The largest absolute Gasteiger partial charge is 0.480 e. The third-order valence-electron chi connectivity index (χ3n) is 2.26. The van der Waals surface area contributed by atoms with Gasteiger partial charge in [-0.05, 0) is 6.42 Å². The smallest absolute Gasteiger partial charge is 0.326 e. The molecule has 2 amide bonds. The Morgan fingerprint density at radius 3 is 2.21 bits per heavy atom. The number of hydrogen-bond acceptors (Lipinski definition) is 2. The molecule has 0 heterocycles. The second-order valence-corrected chi connectivity index (χ2v) is 3.64. The molecule has 0 aliphatic carbocycles. The first-order valence-electron chi connectivity index (χ1n) is 5.30. The first-order valence-corrected chi connectivity index (χ1v) is 5.30. The number of aliphatic carboxylic acids is 1. The predicted octanol–water partition coefficient (Wildman–Crippen LogP) is 2.09. The molecule has 0 aliphatic rings. The molecule has 1 atom stereocenters. The average Bonchev–Trinajstić information content (AvgIpc) is 2.30. The van der Waals surface area contributed by atoms with Gasteiger partial charge in [-0.2, -0.15) is 0 Å². The summed E-state index contributed by atoms with van der Waals surface area (Å²) in [5, 5.41) is 12.5. The van der Waals surface area contributed by atoms with Gasteiger partial charge in [0, 0.05) is 12.1 Å². The van der Waals surface area contributed by atoms with Crippen molar-refractivity contribution in [2.24, 2.45) is 0 Å². The fourth-order valence-electron chi connectivity index (χ4n) is 1.31. The molecule has 0 aliphatic heterocycles. The number of halogens is 3. The normalized spacial score (nSPS) is 11.8. The summed E-state index contributed by atoms with van der Waals surface area (Å²) < 4.78 is 39.1. The van der Waals surface area contributed by atoms with Gasteiger partial charge in [0.05, 0.1) is 0 Å². The second-order valence-electron chi connectivity index (χ2n) is 3.64. The van der Waals surface area contributed by atoms with Crippen LogP contribution in [0.25, 0.3) is 0 Å². The van der Waals surface area contributed by atoms with E-state index in [1.165, 1.54) is 6.92 Å². The third kappa shape index (κ3) is 3.87. The highest BCUT2D eigenvalue weighted by atomic mass is 19.1. The average molecular weight is 276 g/mol. The molecule has 104 valence electrons. The second kappa shape index (κ2) is 6.07. The number of hydrogen-bond donors (Lipinski definition) is 3. The van der Waals surface area contributed by atoms with Crippen LogP contribution in [0.1, 0.15) is 13.3 Å². The van der Waals surface area contributed by atoms with Crippen LogP contribution in [-0.2, 0) is 4.79 Å². The minimum Gasteiger partial charge on any atom is -0.480 e. The summed E-state index contributed by atoms with van der Waals surface area (Å²) in [6.45, 7) is 1.51. The molecule has 0 saturated carbocycles. The molecule has 3 N–H and O–H groups in total. The van der Waals surface area contributed by atoms with E-state index in [-0.39, 0.29) is 6.42 Å². The molecular formula is C11H11F3N2O3. The third-order valence-corrected chi connectivity index (χ3v) is 2.26. The molecule has 19 heavy (non-hydrogen) atoms. The van der Waals surface area contributed by atoms with Crippen LogP contribution in [0.4, 0.5) is 23.7 Å². The number of urea groups is 1. The van der Waals surface area contributed by atoms with E-state index in [2.05, 4.69) is 0 Å². The highest BCUT2D eigenvalue weighted by Gasteiger charge is 2.19. The highest BCUT2D eigenvalue weighted by Crippen LogP contribution is 2.19. The number of nitrogens with one attached hydrogen (secondary N) is 2. The number of carboxylic acids is 1. The van der Waals surface area contributed by atoms with Gasteiger partial charge in [0.2, 0.25) is 0 Å². The van der Waals surface area contributed by atoms with Gasteiger partial charge in [-0.3, -0.25) is 0 Å². The Kier molecular flexibility index (Phi) is 4.74. The van der Waals surface area contributed by atoms with Crippen molar-refractivity contribution < 1.29 is 27.9 Å². The van der Waals surface area contributed by atoms with E-state index in [1.54, 1.807) is 5.32 Å². The van der Waals surface area contributed by atoms with Crippen LogP contribution in [0.15, 0.2) is 12.1 Å². The topological polar surface area (TPSA) is 78.4 Å². The highest BCUT2D eigenvalue weighted by molar-refractivity contribution is 5.92. The zero-order chi connectivity index (χ0) is 14.6. The molecule has 0 aromatic heterocycles. The number of carbonyl (C=O) groups excluding carboxylic acids is 1. The van der Waals surface area contributed by atoms with Crippen molar-refractivity contribution in [1.82, 2.24) is 5.32 Å². The Morgan fingerprint density at radius 2 is 1.79 bits per heavy atom. The molecule has 0 spiro atoms. The van der Waals surface area contributed by atoms with Crippen molar-refractivity contribution in [2.75, 3.05) is 5.32 Å². The van der Waals surface area contributed by atoms with Gasteiger partial charge in [0.1, 0.15) is 17.5 Å². The Bertz CT molecular complexity index is 485. The van der Waals surface area contributed by atoms with E-state index in [0.29, 0.717) is 12.1 Å². The molecule has 1 aromatic carbocycles. The van der Waals surface area contributed by atoms with Crippen LogP contribution in [0, 0.1) is 17.5 Å². The van der Waals surface area contributed by atoms with Crippen molar-refractivity contribution in [3.8, 4) is 0 Å². The predicted molar refractivity (Wildman–Crippen MR) is 60.2 cm³/mol. The van der Waals surface area contributed by atoms with Crippen molar-refractivity contribution in [2.45, 2.75) is 19.4 Å². The molecule has 0 fully saturated rings. The molecule has 1 rings (SSSR count). The Balaban J connectivity index is 2.80. The van der Waals surface area contributed by atoms with Gasteiger partial charge in [-0.1, -0.05) is 6.92 Å². The Hall–Kier alpha value is -2.25. The number of anilines is 1. The summed E-state index contributed by atoms with van der Waals surface area (Å²) in [4.78, 5) is 22.0. The molecule has 8 heteroatoms. The van der Waals surface area contributed by atoms with E-state index in [1.807, 2.05) is 5.32 Å². The Labute approximate surface area is 106 Å². The van der Waals surface area contributed by atoms with Crippen LogP contribution in [0.3, 0.4) is 0 Å². The van der Waals surface area contributed by atoms with Gasteiger partial charge >= 0.3 is 12.0 Å². The first-order chi connectivity index (χ1) is 8.85. The van der Waals surface area contributed by atoms with Gasteiger partial charge in [-0.15, -0.1) is 0 Å². The number of carbonyl (C=O) groups is 2. The zero-order valence-electron chi connectivity index (χ0n) is 9.84. The maximum Gasteiger partial charge on any atom is 0.326 e. The summed E-state index contributed by atoms with van der Waals surface area (Å²) in [7, 11) is 0. The fraction of sp³-hybridized carbons (Fsp3) is 0.273. The van der Waals surface area contributed by atoms with Crippen LogP contribution in [0.2, 0.25) is 0 Å². The standard InChI is InChI=1S/C11H11F3N2O3/c1-2-8(10(17)18)15-11(19)16-9-6(13)3-5(12)4-7(9)14/h3-4,8H,2H2,1H3,(H,17,18)(H2,15,16,19). The lowest BCUT2D eigenvalue weighted by molar-refractivity contribution is -0.139. The maximum absolute atomic E-state index is 13.2. The molecular weight excluding hydrogens is 265 g/mol. The van der Waals surface area contributed by atoms with E-state index >= 15 is 0 Å². The number of carboxylic acid groups (broad SMARTS) is 1. The maximum atomic E-state index is 13.2. The SMILES string of the molecule is CCC(NC(=O)Nc1c(F)cc(F)cc1F)C(=O)O. The first kappa shape index (κ1) is 14.8. The molecule has 1 unspecified atom stereocenters. The fourth-order valence-corrected chi connectivity index (χ4v) is 1.31. The summed E-state index contributed by atoms with van der Waals surface area (Å²) in [5.74, 6) is -5.00. The summed E-state index contributed by atoms with van der Waals surface area (Å²) in [6.07, 6.45) is 0.0944. The molecule has 0 radical (unpaired) electrons. The number of rotatable bonds is 4. The van der Waals surface area contributed by atoms with E-state index < -0.39 is 41.2 Å². The summed E-state index contributed by atoms with van der Waals surface area (Å²) in [6, 6.07) is -1.49. The van der Waals surface area contributed by atoms with Crippen LogP contribution in [-0.4, -0.2) is 23.1 Å². The zero-order valence-corrected chi connectivity index (χ0v) is 9.84. The Morgan fingerprint density at radius 1 is 1.26 bits per heavy atom. The van der Waals surface area contributed by atoms with Gasteiger partial charge in [0.25, 0.3) is 0 Å². The van der Waals surface area contributed by atoms with Gasteiger partial charge in [-0.25, -0.2) is 22.8 Å². The van der Waals surface area contributed by atoms with Crippen molar-refractivity contribution in [3.05, 3.63) is 29.6 Å². The lowest BCUT2D eigenvalue weighted by Gasteiger charge is -2.13. The lowest BCUT2D eigenvalue weighted by atomic mass is 10.2. The van der Waals surface area contributed by atoms with Crippen molar-refractivity contribution >= 4 is 17.7 Å². The summed E-state index contributed by atoms with van der Waals surface area (Å²) >= 11 is 0. The molecule has 0 bridgehead atoms. The minimum atomic E-state index is -1.30. The lowest BCUT2D eigenvalue weighted by Crippen LogP contribution is -2.42. The van der Waals surface area contributed by atoms with Crippen LogP contribution < -0.4 is 10.6 Å². The van der Waals surface area contributed by atoms with E-state index in [4.69, 9.17) is 5.11 Å². The van der Waals surface area contributed by atoms with Crippen molar-refractivity contribution in [3.63, 3.8) is 0 Å². The number of benzene rings is 1. The van der Waals surface area contributed by atoms with Crippen LogP contribution >= 0.6 is 0 Å². The molecule has 0 saturated heterocycles. The van der Waals surface area contributed by atoms with Gasteiger partial charge in [0.15, 0.2) is 11.6 Å². The van der Waals surface area contributed by atoms with E-state index in [0.717, 1.165) is 0 Å². The molecule has 5 nitrogen and oxygen atoms in total. The van der Waals surface area contributed by atoms with Crippen molar-refractivity contribution in [1.29, 1.82) is 0 Å². The monoisotopic (exact) mass is 276 g/mol. The van der Waals surface area contributed by atoms with Crippen LogP contribution in [0.5, 0.6) is 0 Å². The van der Waals surface area contributed by atoms with Gasteiger partial charge < -0.3 is 15.7 Å². The minimum absolute atomic E-state index is 0.0944.